The molecule has 104 valence electrons. The van der Waals surface area contributed by atoms with Gasteiger partial charge in [0.2, 0.25) is 5.89 Å². The third kappa shape index (κ3) is 2.16. The highest BCUT2D eigenvalue weighted by Gasteiger charge is 2.36. The number of hydrogen-bond donors (Lipinski definition) is 1. The van der Waals surface area contributed by atoms with Crippen molar-refractivity contribution < 1.29 is 9.26 Å². The molecule has 0 saturated carbocycles. The van der Waals surface area contributed by atoms with Crippen LogP contribution in [0, 0.1) is 0 Å². The molecule has 2 bridgehead atoms. The van der Waals surface area contributed by atoms with Crippen LogP contribution in [0.5, 0.6) is 0 Å². The van der Waals surface area contributed by atoms with Crippen LogP contribution in [0.3, 0.4) is 0 Å². The fraction of sp³-hybridized carbons (Fsp3) is 0.833. The van der Waals surface area contributed by atoms with Crippen molar-refractivity contribution in [2.45, 2.75) is 12.1 Å². The molecule has 5 heterocycles. The molecule has 2 unspecified atom stereocenters. The fourth-order valence-corrected chi connectivity index (χ4v) is 3.11. The number of rotatable bonds is 2. The van der Waals surface area contributed by atoms with Crippen LogP contribution in [0.25, 0.3) is 0 Å². The van der Waals surface area contributed by atoms with Gasteiger partial charge in [-0.1, -0.05) is 5.16 Å². The van der Waals surface area contributed by atoms with E-state index in [0.717, 1.165) is 38.6 Å². The maximum absolute atomic E-state index is 5.43. The predicted molar refractivity (Wildman–Crippen MR) is 66.6 cm³/mol. The van der Waals surface area contributed by atoms with Crippen LogP contribution in [-0.2, 0) is 4.74 Å². The SMILES string of the molecule is C1COCC(c2nc(C3CN4CCN3CC4)no2)N1. The van der Waals surface area contributed by atoms with Gasteiger partial charge in [-0.2, -0.15) is 4.98 Å². The zero-order valence-corrected chi connectivity index (χ0v) is 10.9. The highest BCUT2D eigenvalue weighted by molar-refractivity contribution is 5.03. The van der Waals surface area contributed by atoms with Crippen molar-refractivity contribution in [3.05, 3.63) is 11.7 Å². The summed E-state index contributed by atoms with van der Waals surface area (Å²) in [4.78, 5) is 9.52. The molecule has 0 aromatic carbocycles. The van der Waals surface area contributed by atoms with Crippen LogP contribution >= 0.6 is 0 Å². The van der Waals surface area contributed by atoms with Gasteiger partial charge in [-0.05, 0) is 0 Å². The van der Waals surface area contributed by atoms with Crippen molar-refractivity contribution in [2.24, 2.45) is 0 Å². The second-order valence-electron chi connectivity index (χ2n) is 5.42. The lowest BCUT2D eigenvalue weighted by Crippen LogP contribution is -2.57. The third-order valence-corrected chi connectivity index (χ3v) is 4.25. The Morgan fingerprint density at radius 1 is 1.21 bits per heavy atom. The lowest BCUT2D eigenvalue weighted by Gasteiger charge is -2.46. The molecule has 1 aromatic rings. The molecule has 5 rings (SSSR count). The number of aromatic nitrogens is 2. The van der Waals surface area contributed by atoms with Crippen molar-refractivity contribution in [2.75, 3.05) is 52.5 Å². The Morgan fingerprint density at radius 3 is 2.79 bits per heavy atom. The number of fused-ring (bicyclic) bond motifs is 3. The topological polar surface area (TPSA) is 66.7 Å². The second kappa shape index (κ2) is 4.82. The lowest BCUT2D eigenvalue weighted by molar-refractivity contribution is 0.00780. The van der Waals surface area contributed by atoms with E-state index in [9.17, 15) is 0 Å². The van der Waals surface area contributed by atoms with Crippen LogP contribution in [0.1, 0.15) is 23.8 Å². The first kappa shape index (κ1) is 11.8. The van der Waals surface area contributed by atoms with E-state index >= 15 is 0 Å². The van der Waals surface area contributed by atoms with E-state index in [1.165, 1.54) is 13.1 Å². The molecule has 7 heteroatoms. The predicted octanol–water partition coefficient (Wildman–Crippen LogP) is -0.597. The Hall–Kier alpha value is -1.02. The number of piperazine rings is 3. The average Bonchev–Trinajstić information content (AvgIpc) is 2.99. The third-order valence-electron chi connectivity index (χ3n) is 4.25. The number of morpholine rings is 1. The monoisotopic (exact) mass is 265 g/mol. The maximum Gasteiger partial charge on any atom is 0.246 e. The molecule has 1 N–H and O–H groups in total. The number of hydrogen-bond acceptors (Lipinski definition) is 7. The van der Waals surface area contributed by atoms with Gasteiger partial charge in [0.1, 0.15) is 6.04 Å². The van der Waals surface area contributed by atoms with Gasteiger partial charge in [0.05, 0.1) is 19.3 Å². The summed E-state index contributed by atoms with van der Waals surface area (Å²) in [7, 11) is 0. The van der Waals surface area contributed by atoms with Gasteiger partial charge >= 0.3 is 0 Å². The zero-order chi connectivity index (χ0) is 12.7. The van der Waals surface area contributed by atoms with Crippen molar-refractivity contribution in [3.63, 3.8) is 0 Å². The molecule has 4 aliphatic heterocycles. The molecule has 1 aromatic heterocycles. The smallest absolute Gasteiger partial charge is 0.246 e. The first-order valence-electron chi connectivity index (χ1n) is 7.01. The summed E-state index contributed by atoms with van der Waals surface area (Å²) >= 11 is 0. The first-order valence-corrected chi connectivity index (χ1v) is 7.01. The van der Waals surface area contributed by atoms with E-state index in [-0.39, 0.29) is 6.04 Å². The largest absolute Gasteiger partial charge is 0.378 e. The summed E-state index contributed by atoms with van der Waals surface area (Å²) in [6.45, 7) is 7.78. The molecule has 0 radical (unpaired) electrons. The Bertz CT molecular complexity index is 437. The van der Waals surface area contributed by atoms with Crippen molar-refractivity contribution >= 4 is 0 Å². The quantitative estimate of drug-likeness (QED) is 0.766. The Balaban J connectivity index is 1.51. The highest BCUT2D eigenvalue weighted by Crippen LogP contribution is 2.27. The lowest BCUT2D eigenvalue weighted by atomic mass is 10.1. The summed E-state index contributed by atoms with van der Waals surface area (Å²) in [5.74, 6) is 1.49. The van der Waals surface area contributed by atoms with Gasteiger partial charge in [0.25, 0.3) is 0 Å². The molecular weight excluding hydrogens is 246 g/mol. The van der Waals surface area contributed by atoms with E-state index in [2.05, 4.69) is 25.3 Å². The van der Waals surface area contributed by atoms with E-state index in [4.69, 9.17) is 9.26 Å². The molecule has 0 aliphatic carbocycles. The van der Waals surface area contributed by atoms with E-state index < -0.39 is 0 Å². The summed E-state index contributed by atoms with van der Waals surface area (Å²) < 4.78 is 10.8. The summed E-state index contributed by atoms with van der Waals surface area (Å²) in [6.07, 6.45) is 0. The van der Waals surface area contributed by atoms with Gasteiger partial charge in [-0.25, -0.2) is 0 Å². The van der Waals surface area contributed by atoms with Crippen LogP contribution in [0.2, 0.25) is 0 Å². The minimum absolute atomic E-state index is 0.0473. The Kier molecular flexibility index (Phi) is 2.99. The van der Waals surface area contributed by atoms with E-state index in [1.807, 2.05) is 0 Å². The second-order valence-corrected chi connectivity index (χ2v) is 5.42. The van der Waals surface area contributed by atoms with Gasteiger partial charge in [-0.3, -0.25) is 9.80 Å². The summed E-state index contributed by atoms with van der Waals surface area (Å²) in [5, 5.41) is 7.52. The van der Waals surface area contributed by atoms with E-state index in [0.29, 0.717) is 18.5 Å². The number of nitrogens with zero attached hydrogens (tertiary/aromatic N) is 4. The Morgan fingerprint density at radius 2 is 2.11 bits per heavy atom. The Labute approximate surface area is 111 Å². The van der Waals surface area contributed by atoms with E-state index in [1.54, 1.807) is 0 Å². The minimum Gasteiger partial charge on any atom is -0.378 e. The van der Waals surface area contributed by atoms with Gasteiger partial charge in [-0.15, -0.1) is 0 Å². The van der Waals surface area contributed by atoms with Crippen molar-refractivity contribution in [1.82, 2.24) is 25.3 Å². The fourth-order valence-electron chi connectivity index (χ4n) is 3.11. The first-order chi connectivity index (χ1) is 9.40. The number of nitrogens with one attached hydrogen (secondary N) is 1. The summed E-state index contributed by atoms with van der Waals surface area (Å²) in [6, 6.07) is 0.343. The zero-order valence-electron chi connectivity index (χ0n) is 10.9. The molecule has 2 atom stereocenters. The number of ether oxygens (including phenoxy) is 1. The molecule has 4 saturated heterocycles. The normalized spacial score (nSPS) is 38.5. The standard InChI is InChI=1S/C12H19N5O2/c1-6-18-8-9(13-1)12-14-11(15-19-12)10-7-16-2-4-17(10)5-3-16/h9-10,13H,1-8H2. The molecule has 0 spiro atoms. The molecule has 0 amide bonds. The molecular formula is C12H19N5O2. The van der Waals surface area contributed by atoms with Gasteiger partial charge < -0.3 is 14.6 Å². The van der Waals surface area contributed by atoms with Crippen LogP contribution < -0.4 is 5.32 Å². The highest BCUT2D eigenvalue weighted by atomic mass is 16.5. The van der Waals surface area contributed by atoms with Gasteiger partial charge in [0, 0.05) is 39.3 Å². The van der Waals surface area contributed by atoms with Crippen LogP contribution in [0.4, 0.5) is 0 Å². The summed E-state index contributed by atoms with van der Waals surface area (Å²) in [5.41, 5.74) is 0. The van der Waals surface area contributed by atoms with Crippen molar-refractivity contribution in [3.8, 4) is 0 Å². The van der Waals surface area contributed by atoms with Crippen LogP contribution in [0.15, 0.2) is 4.52 Å². The minimum atomic E-state index is 0.0473. The average molecular weight is 265 g/mol. The van der Waals surface area contributed by atoms with Gasteiger partial charge in [0.15, 0.2) is 5.82 Å². The maximum atomic E-state index is 5.43. The van der Waals surface area contributed by atoms with Crippen molar-refractivity contribution in [1.29, 1.82) is 0 Å². The molecule has 7 nitrogen and oxygen atoms in total. The molecule has 4 fully saturated rings. The van der Waals surface area contributed by atoms with Crippen LogP contribution in [-0.4, -0.2) is 72.4 Å². The molecule has 4 aliphatic rings. The molecule has 19 heavy (non-hydrogen) atoms.